The number of nitro benzene ring substituents is 1. The van der Waals surface area contributed by atoms with Crippen molar-refractivity contribution in [3.05, 3.63) is 69.2 Å². The van der Waals surface area contributed by atoms with Gasteiger partial charge in [0.15, 0.2) is 0 Å². The Labute approximate surface area is 183 Å². The summed E-state index contributed by atoms with van der Waals surface area (Å²) in [5, 5.41) is 18.7. The van der Waals surface area contributed by atoms with Crippen molar-refractivity contribution in [2.24, 2.45) is 5.10 Å². The lowest BCUT2D eigenvalue weighted by molar-refractivity contribution is -0.384. The Kier molecular flexibility index (Phi) is 6.18. The minimum absolute atomic E-state index is 0.00946. The Morgan fingerprint density at radius 3 is 2.45 bits per heavy atom. The molecular weight excluding hydrogens is 420 g/mol. The maximum absolute atomic E-state index is 10.8. The van der Waals surface area contributed by atoms with E-state index in [1.165, 1.54) is 12.1 Å². The van der Waals surface area contributed by atoms with Crippen LogP contribution in [0.3, 0.4) is 0 Å². The fraction of sp³-hybridized carbons (Fsp3) is 0.200. The molecule has 0 saturated carbocycles. The molecule has 2 aromatic carbocycles. The summed E-state index contributed by atoms with van der Waals surface area (Å²) in [5.74, 6) is 1.11. The topological polar surface area (TPSA) is 121 Å². The first-order valence-electron chi connectivity index (χ1n) is 9.64. The zero-order chi connectivity index (χ0) is 21.6. The molecule has 3 aromatic rings. The summed E-state index contributed by atoms with van der Waals surface area (Å²) < 4.78 is 0. The molecule has 0 atom stereocenters. The number of hydrogen-bond acceptors (Lipinski definition) is 9. The van der Waals surface area contributed by atoms with Gasteiger partial charge in [0.25, 0.3) is 5.69 Å². The summed E-state index contributed by atoms with van der Waals surface area (Å²) in [5.41, 5.74) is 4.22. The number of rotatable bonds is 7. The Morgan fingerprint density at radius 2 is 1.74 bits per heavy atom. The van der Waals surface area contributed by atoms with Gasteiger partial charge in [-0.3, -0.25) is 10.1 Å². The molecule has 0 spiro atoms. The summed E-state index contributed by atoms with van der Waals surface area (Å²) in [6.45, 7) is 1.73. The number of benzene rings is 2. The first-order valence-corrected chi connectivity index (χ1v) is 10.0. The highest BCUT2D eigenvalue weighted by atomic mass is 35.5. The number of aromatic nitrogens is 3. The van der Waals surface area contributed by atoms with Gasteiger partial charge in [0.2, 0.25) is 17.8 Å². The smallest absolute Gasteiger partial charge is 0.269 e. The molecule has 0 unspecified atom stereocenters. The summed E-state index contributed by atoms with van der Waals surface area (Å²) in [6, 6.07) is 13.4. The lowest BCUT2D eigenvalue weighted by Gasteiger charge is -2.16. The average molecular weight is 439 g/mol. The monoisotopic (exact) mass is 438 g/mol. The van der Waals surface area contributed by atoms with Crippen LogP contribution in [-0.4, -0.2) is 39.2 Å². The molecule has 0 radical (unpaired) electrons. The Balaban J connectivity index is 1.56. The molecule has 0 amide bonds. The Bertz CT molecular complexity index is 1100. The molecule has 4 rings (SSSR count). The molecule has 31 heavy (non-hydrogen) atoms. The van der Waals surface area contributed by atoms with Gasteiger partial charge in [0.1, 0.15) is 0 Å². The van der Waals surface area contributed by atoms with Gasteiger partial charge in [0.05, 0.1) is 11.1 Å². The molecule has 1 aliphatic heterocycles. The first-order chi connectivity index (χ1) is 15.1. The van der Waals surface area contributed by atoms with Crippen molar-refractivity contribution in [3.63, 3.8) is 0 Å². The second-order valence-corrected chi connectivity index (χ2v) is 7.20. The quantitative estimate of drug-likeness (QED) is 0.319. The van der Waals surface area contributed by atoms with Crippen molar-refractivity contribution < 1.29 is 4.92 Å². The van der Waals surface area contributed by atoms with Crippen molar-refractivity contribution in [2.75, 3.05) is 28.7 Å². The predicted molar refractivity (Wildman–Crippen MR) is 120 cm³/mol. The standard InChI is InChI=1S/C20H19ClN8O2/c21-17-6-2-1-5-14(17)13-22-27-19-24-18(25-20(26-19)28-11-3-4-12-28)23-15-7-9-16(10-8-15)29(30)31/h1-2,5-10,13H,3-4,11-12H2,(H2,23,24,25,26,27). The van der Waals surface area contributed by atoms with Crippen LogP contribution in [0.5, 0.6) is 0 Å². The van der Waals surface area contributed by atoms with Crippen LogP contribution in [0.25, 0.3) is 0 Å². The number of nitrogens with one attached hydrogen (secondary N) is 2. The van der Waals surface area contributed by atoms with E-state index < -0.39 is 4.92 Å². The second kappa shape index (κ2) is 9.35. The third kappa shape index (κ3) is 5.23. The summed E-state index contributed by atoms with van der Waals surface area (Å²) in [7, 11) is 0. The third-order valence-corrected chi connectivity index (χ3v) is 4.96. The highest BCUT2D eigenvalue weighted by molar-refractivity contribution is 6.33. The highest BCUT2D eigenvalue weighted by Gasteiger charge is 2.17. The fourth-order valence-electron chi connectivity index (χ4n) is 3.06. The van der Waals surface area contributed by atoms with Gasteiger partial charge >= 0.3 is 0 Å². The third-order valence-electron chi connectivity index (χ3n) is 4.62. The van der Waals surface area contributed by atoms with Gasteiger partial charge in [-0.25, -0.2) is 5.43 Å². The molecule has 1 aliphatic rings. The zero-order valence-corrected chi connectivity index (χ0v) is 17.2. The van der Waals surface area contributed by atoms with E-state index in [9.17, 15) is 10.1 Å². The van der Waals surface area contributed by atoms with Crippen molar-refractivity contribution in [1.29, 1.82) is 0 Å². The number of hydrazone groups is 1. The second-order valence-electron chi connectivity index (χ2n) is 6.80. The Hall–Kier alpha value is -3.79. The van der Waals surface area contributed by atoms with Gasteiger partial charge in [-0.05, 0) is 31.0 Å². The van der Waals surface area contributed by atoms with Crippen molar-refractivity contribution in [1.82, 2.24) is 15.0 Å². The summed E-state index contributed by atoms with van der Waals surface area (Å²) in [4.78, 5) is 25.8. The molecule has 1 saturated heterocycles. The molecule has 10 nitrogen and oxygen atoms in total. The minimum atomic E-state index is -0.447. The molecule has 1 aromatic heterocycles. The normalized spacial score (nSPS) is 13.5. The summed E-state index contributed by atoms with van der Waals surface area (Å²) >= 11 is 6.14. The molecule has 2 N–H and O–H groups in total. The molecular formula is C20H19ClN8O2. The largest absolute Gasteiger partial charge is 0.341 e. The number of nitrogens with zero attached hydrogens (tertiary/aromatic N) is 6. The van der Waals surface area contributed by atoms with Crippen LogP contribution in [0, 0.1) is 10.1 Å². The Morgan fingerprint density at radius 1 is 1.03 bits per heavy atom. The number of non-ortho nitro benzene ring substituents is 1. The predicted octanol–water partition coefficient (Wildman–Crippen LogP) is 4.22. The van der Waals surface area contributed by atoms with E-state index in [1.54, 1.807) is 24.4 Å². The number of halogens is 1. The number of anilines is 4. The van der Waals surface area contributed by atoms with Gasteiger partial charge in [0, 0.05) is 41.5 Å². The first kappa shape index (κ1) is 20.5. The zero-order valence-electron chi connectivity index (χ0n) is 16.4. The van der Waals surface area contributed by atoms with Crippen LogP contribution in [-0.2, 0) is 0 Å². The van der Waals surface area contributed by atoms with E-state index in [0.717, 1.165) is 31.5 Å². The van der Waals surface area contributed by atoms with E-state index in [2.05, 4.69) is 35.7 Å². The van der Waals surface area contributed by atoms with Crippen LogP contribution in [0.15, 0.2) is 53.6 Å². The number of hydrogen-bond donors (Lipinski definition) is 2. The maximum atomic E-state index is 10.8. The highest BCUT2D eigenvalue weighted by Crippen LogP contribution is 2.22. The number of nitro groups is 1. The lowest BCUT2D eigenvalue weighted by atomic mass is 10.2. The van der Waals surface area contributed by atoms with E-state index >= 15 is 0 Å². The van der Waals surface area contributed by atoms with Gasteiger partial charge in [-0.15, -0.1) is 0 Å². The minimum Gasteiger partial charge on any atom is -0.341 e. The molecule has 0 bridgehead atoms. The van der Waals surface area contributed by atoms with E-state index in [-0.39, 0.29) is 11.6 Å². The van der Waals surface area contributed by atoms with Crippen molar-refractivity contribution >= 4 is 47.0 Å². The lowest BCUT2D eigenvalue weighted by Crippen LogP contribution is -2.21. The van der Waals surface area contributed by atoms with Crippen LogP contribution >= 0.6 is 11.6 Å². The fourth-order valence-corrected chi connectivity index (χ4v) is 3.25. The van der Waals surface area contributed by atoms with Crippen LogP contribution in [0.4, 0.5) is 29.2 Å². The molecule has 158 valence electrons. The van der Waals surface area contributed by atoms with E-state index in [4.69, 9.17) is 11.6 Å². The van der Waals surface area contributed by atoms with Crippen LogP contribution in [0.2, 0.25) is 5.02 Å². The van der Waals surface area contributed by atoms with Crippen molar-refractivity contribution in [2.45, 2.75) is 12.8 Å². The van der Waals surface area contributed by atoms with Gasteiger partial charge < -0.3 is 10.2 Å². The SMILES string of the molecule is O=[N+]([O-])c1ccc(Nc2nc(NN=Cc3ccccc3Cl)nc(N3CCCC3)n2)cc1. The van der Waals surface area contributed by atoms with Gasteiger partial charge in [-0.1, -0.05) is 29.8 Å². The molecule has 0 aliphatic carbocycles. The van der Waals surface area contributed by atoms with Gasteiger partial charge in [-0.2, -0.15) is 20.1 Å². The van der Waals surface area contributed by atoms with Crippen LogP contribution < -0.4 is 15.6 Å². The van der Waals surface area contributed by atoms with E-state index in [0.29, 0.717) is 22.6 Å². The summed E-state index contributed by atoms with van der Waals surface area (Å²) in [6.07, 6.45) is 3.74. The van der Waals surface area contributed by atoms with E-state index in [1.807, 2.05) is 18.2 Å². The molecule has 1 fully saturated rings. The maximum Gasteiger partial charge on any atom is 0.269 e. The van der Waals surface area contributed by atoms with Crippen LogP contribution in [0.1, 0.15) is 18.4 Å². The van der Waals surface area contributed by atoms with Crippen molar-refractivity contribution in [3.8, 4) is 0 Å². The average Bonchev–Trinajstić information content (AvgIpc) is 3.30. The molecule has 2 heterocycles. The molecule has 11 heteroatoms.